The topological polar surface area (TPSA) is 64.6 Å². The van der Waals surface area contributed by atoms with E-state index >= 15 is 0 Å². The lowest BCUT2D eigenvalue weighted by molar-refractivity contribution is -0.142. The minimum Gasteiger partial charge on any atom is -0.497 e. The number of carbonyl (C=O) groups excluding carboxylic acids is 2. The molecule has 1 N–H and O–H groups in total. The molecule has 0 saturated heterocycles. The van der Waals surface area contributed by atoms with Crippen LogP contribution in [0.15, 0.2) is 66.7 Å². The van der Waals surface area contributed by atoms with Gasteiger partial charge in [0.25, 0.3) is 0 Å². The number of benzene rings is 3. The molecule has 0 unspecified atom stereocenters. The van der Waals surface area contributed by atoms with Gasteiger partial charge in [-0.1, -0.05) is 54.6 Å². The van der Waals surface area contributed by atoms with Gasteiger partial charge in [-0.15, -0.1) is 0 Å². The Hall–Kier alpha value is -3.34. The number of rotatable bonds is 7. The van der Waals surface area contributed by atoms with E-state index in [2.05, 4.69) is 29.6 Å². The second-order valence-corrected chi connectivity index (χ2v) is 6.93. The zero-order chi connectivity index (χ0) is 20.8. The van der Waals surface area contributed by atoms with Crippen LogP contribution >= 0.6 is 0 Å². The van der Waals surface area contributed by atoms with Gasteiger partial charge in [-0.05, 0) is 34.0 Å². The summed E-state index contributed by atoms with van der Waals surface area (Å²) in [5, 5.41) is 5.18. The maximum absolute atomic E-state index is 12.0. The molecule has 0 aliphatic heterocycles. The van der Waals surface area contributed by atoms with E-state index in [1.165, 1.54) is 13.8 Å². The van der Waals surface area contributed by atoms with Gasteiger partial charge in [-0.2, -0.15) is 0 Å². The van der Waals surface area contributed by atoms with Crippen molar-refractivity contribution in [3.63, 3.8) is 0 Å². The van der Waals surface area contributed by atoms with Crippen molar-refractivity contribution in [1.29, 1.82) is 0 Å². The molecule has 0 bridgehead atoms. The molecular formula is C24H25NO4. The second-order valence-electron chi connectivity index (χ2n) is 6.93. The summed E-state index contributed by atoms with van der Waals surface area (Å²) in [5.41, 5.74) is 2.05. The Labute approximate surface area is 170 Å². The molecule has 1 amide bonds. The molecular weight excluding hydrogens is 366 g/mol. The molecule has 0 aromatic heterocycles. The van der Waals surface area contributed by atoms with Crippen molar-refractivity contribution in [2.24, 2.45) is 0 Å². The summed E-state index contributed by atoms with van der Waals surface area (Å²) in [6.07, 6.45) is 0. The fourth-order valence-corrected chi connectivity index (χ4v) is 3.65. The quantitative estimate of drug-likeness (QED) is 0.617. The van der Waals surface area contributed by atoms with Gasteiger partial charge in [0, 0.05) is 19.8 Å². The van der Waals surface area contributed by atoms with E-state index in [0.717, 1.165) is 27.6 Å². The van der Waals surface area contributed by atoms with Crippen LogP contribution in [0.25, 0.3) is 10.8 Å². The highest BCUT2D eigenvalue weighted by atomic mass is 16.5. The highest BCUT2D eigenvalue weighted by molar-refractivity contribution is 5.87. The van der Waals surface area contributed by atoms with Crippen LogP contribution in [0.3, 0.4) is 0 Å². The Morgan fingerprint density at radius 1 is 0.931 bits per heavy atom. The molecule has 0 aliphatic rings. The molecule has 2 atom stereocenters. The number of methoxy groups -OCH3 is 1. The number of hydrogen-bond donors (Lipinski definition) is 1. The largest absolute Gasteiger partial charge is 0.497 e. The Morgan fingerprint density at radius 2 is 1.62 bits per heavy atom. The SMILES string of the molecule is COc1ccc([C@H](c2cccc3ccccc23)[C@H](COC(C)=O)NC(C)=O)cc1. The van der Waals surface area contributed by atoms with Crippen molar-refractivity contribution in [3.05, 3.63) is 77.9 Å². The third-order valence-electron chi connectivity index (χ3n) is 4.89. The van der Waals surface area contributed by atoms with Gasteiger partial charge in [0.2, 0.25) is 5.91 Å². The molecule has 3 rings (SSSR count). The highest BCUT2D eigenvalue weighted by Crippen LogP contribution is 2.34. The predicted molar refractivity (Wildman–Crippen MR) is 113 cm³/mol. The van der Waals surface area contributed by atoms with Gasteiger partial charge in [0.15, 0.2) is 0 Å². The fraction of sp³-hybridized carbons (Fsp3) is 0.250. The van der Waals surface area contributed by atoms with E-state index in [0.29, 0.717) is 0 Å². The maximum Gasteiger partial charge on any atom is 0.302 e. The van der Waals surface area contributed by atoms with Crippen LogP contribution in [0.2, 0.25) is 0 Å². The predicted octanol–water partition coefficient (Wildman–Crippen LogP) is 4.05. The first kappa shape index (κ1) is 20.4. The van der Waals surface area contributed by atoms with Crippen molar-refractivity contribution in [2.45, 2.75) is 25.8 Å². The van der Waals surface area contributed by atoms with Crippen LogP contribution < -0.4 is 10.1 Å². The number of carbonyl (C=O) groups is 2. The standard InChI is InChI=1S/C24H25NO4/c1-16(26)25-23(15-29-17(2)27)24(19-11-13-20(28-3)14-12-19)22-10-6-8-18-7-4-5-9-21(18)22/h4-14,23-24H,15H2,1-3H3,(H,25,26)/t23-,24+/m0/s1. The fourth-order valence-electron chi connectivity index (χ4n) is 3.65. The van der Waals surface area contributed by atoms with Crippen molar-refractivity contribution in [2.75, 3.05) is 13.7 Å². The molecule has 3 aromatic rings. The van der Waals surface area contributed by atoms with Crippen molar-refractivity contribution >= 4 is 22.6 Å². The summed E-state index contributed by atoms with van der Waals surface area (Å²) >= 11 is 0. The molecule has 29 heavy (non-hydrogen) atoms. The molecule has 0 radical (unpaired) electrons. The number of ether oxygens (including phenoxy) is 2. The van der Waals surface area contributed by atoms with Crippen LogP contribution in [0.4, 0.5) is 0 Å². The third-order valence-corrected chi connectivity index (χ3v) is 4.89. The van der Waals surface area contributed by atoms with Gasteiger partial charge in [0.05, 0.1) is 13.2 Å². The third kappa shape index (κ3) is 4.93. The Morgan fingerprint density at radius 3 is 2.28 bits per heavy atom. The summed E-state index contributed by atoms with van der Waals surface area (Å²) in [4.78, 5) is 23.4. The average Bonchev–Trinajstić information content (AvgIpc) is 2.72. The summed E-state index contributed by atoms with van der Waals surface area (Å²) in [5.74, 6) is -0.0237. The molecule has 150 valence electrons. The number of nitrogens with one attached hydrogen (secondary N) is 1. The van der Waals surface area contributed by atoms with E-state index in [9.17, 15) is 9.59 Å². The maximum atomic E-state index is 12.0. The molecule has 0 saturated carbocycles. The Kier molecular flexibility index (Phi) is 6.50. The lowest BCUT2D eigenvalue weighted by Gasteiger charge is -2.29. The number of hydrogen-bond acceptors (Lipinski definition) is 4. The molecule has 0 heterocycles. The van der Waals surface area contributed by atoms with Crippen molar-refractivity contribution in [3.8, 4) is 5.75 Å². The summed E-state index contributed by atoms with van der Waals surface area (Å²) in [6, 6.07) is 21.6. The van der Waals surface area contributed by atoms with E-state index < -0.39 is 6.04 Å². The molecule has 5 nitrogen and oxygen atoms in total. The van der Waals surface area contributed by atoms with E-state index in [1.54, 1.807) is 7.11 Å². The zero-order valence-electron chi connectivity index (χ0n) is 16.8. The number of fused-ring (bicyclic) bond motifs is 1. The minimum absolute atomic E-state index is 0.0782. The van der Waals surface area contributed by atoms with Gasteiger partial charge < -0.3 is 14.8 Å². The smallest absolute Gasteiger partial charge is 0.302 e. The molecule has 0 spiro atoms. The van der Waals surface area contributed by atoms with Crippen molar-refractivity contribution < 1.29 is 19.1 Å². The Balaban J connectivity index is 2.15. The van der Waals surface area contributed by atoms with Crippen LogP contribution in [0.1, 0.15) is 30.9 Å². The highest BCUT2D eigenvalue weighted by Gasteiger charge is 2.28. The van der Waals surface area contributed by atoms with Crippen LogP contribution in [0, 0.1) is 0 Å². The lowest BCUT2D eigenvalue weighted by Crippen LogP contribution is -2.42. The van der Waals surface area contributed by atoms with Gasteiger partial charge in [-0.3, -0.25) is 9.59 Å². The van der Waals surface area contributed by atoms with Gasteiger partial charge >= 0.3 is 5.97 Å². The Bertz CT molecular complexity index is 992. The van der Waals surface area contributed by atoms with Crippen LogP contribution in [-0.4, -0.2) is 31.6 Å². The molecule has 5 heteroatoms. The van der Waals surface area contributed by atoms with Crippen LogP contribution in [0.5, 0.6) is 5.75 Å². The number of amides is 1. The van der Waals surface area contributed by atoms with Gasteiger partial charge in [-0.25, -0.2) is 0 Å². The second kappa shape index (κ2) is 9.24. The summed E-state index contributed by atoms with van der Waals surface area (Å²) in [7, 11) is 1.62. The van der Waals surface area contributed by atoms with Crippen LogP contribution in [-0.2, 0) is 14.3 Å². The number of esters is 1. The minimum atomic E-state index is -0.421. The van der Waals surface area contributed by atoms with Crippen molar-refractivity contribution in [1.82, 2.24) is 5.32 Å². The summed E-state index contributed by atoms with van der Waals surface area (Å²) in [6.45, 7) is 2.91. The zero-order valence-corrected chi connectivity index (χ0v) is 16.8. The normalized spacial score (nSPS) is 12.8. The molecule has 0 fully saturated rings. The van der Waals surface area contributed by atoms with E-state index in [-0.39, 0.29) is 24.4 Å². The monoisotopic (exact) mass is 391 g/mol. The summed E-state index contributed by atoms with van der Waals surface area (Å²) < 4.78 is 10.6. The van der Waals surface area contributed by atoms with E-state index in [1.807, 2.05) is 42.5 Å². The first-order valence-electron chi connectivity index (χ1n) is 9.51. The average molecular weight is 391 g/mol. The lowest BCUT2D eigenvalue weighted by atomic mass is 9.82. The first-order chi connectivity index (χ1) is 14.0. The first-order valence-corrected chi connectivity index (χ1v) is 9.51. The molecule has 0 aliphatic carbocycles. The van der Waals surface area contributed by atoms with Gasteiger partial charge in [0.1, 0.15) is 12.4 Å². The van der Waals surface area contributed by atoms with E-state index in [4.69, 9.17) is 9.47 Å². The molecule has 3 aromatic carbocycles.